The lowest BCUT2D eigenvalue weighted by atomic mass is 10.3. The number of nitrogens with zero attached hydrogens (tertiary/aromatic N) is 4. The summed E-state index contributed by atoms with van der Waals surface area (Å²) in [4.78, 5) is 17.8. The zero-order valence-corrected chi connectivity index (χ0v) is 13.9. The average molecular weight is 320 g/mol. The molecule has 2 rings (SSSR count). The van der Waals surface area contributed by atoms with E-state index in [4.69, 9.17) is 0 Å². The number of rotatable bonds is 8. The van der Waals surface area contributed by atoms with Crippen LogP contribution in [0.3, 0.4) is 0 Å². The Kier molecular flexibility index (Phi) is 5.69. The maximum Gasteiger partial charge on any atom is 0.225 e. The third kappa shape index (κ3) is 4.07. The summed E-state index contributed by atoms with van der Waals surface area (Å²) in [6.45, 7) is 4.93. The number of fused-ring (bicyclic) bond motifs is 1. The van der Waals surface area contributed by atoms with Crippen molar-refractivity contribution in [2.75, 3.05) is 48.5 Å². The van der Waals surface area contributed by atoms with Crippen LogP contribution in [0.4, 0.5) is 23.5 Å². The highest BCUT2D eigenvalue weighted by Gasteiger charge is 2.14. The fourth-order valence-electron chi connectivity index (χ4n) is 2.00. The van der Waals surface area contributed by atoms with Gasteiger partial charge in [0, 0.05) is 27.2 Å². The monoisotopic (exact) mass is 320 g/mol. The van der Waals surface area contributed by atoms with Crippen molar-refractivity contribution < 1.29 is 5.11 Å². The van der Waals surface area contributed by atoms with Crippen LogP contribution < -0.4 is 21.3 Å². The molecular weight excluding hydrogens is 296 g/mol. The van der Waals surface area contributed by atoms with Gasteiger partial charge in [-0.25, -0.2) is 9.97 Å². The Morgan fingerprint density at radius 1 is 0.913 bits per heavy atom. The molecule has 126 valence electrons. The van der Waals surface area contributed by atoms with Crippen molar-refractivity contribution in [3.63, 3.8) is 0 Å². The Balaban J connectivity index is 2.49. The van der Waals surface area contributed by atoms with E-state index in [9.17, 15) is 5.11 Å². The molecule has 0 aliphatic carbocycles. The van der Waals surface area contributed by atoms with Gasteiger partial charge in [-0.3, -0.25) is 0 Å². The highest BCUT2D eigenvalue weighted by molar-refractivity contribution is 5.94. The van der Waals surface area contributed by atoms with Crippen molar-refractivity contribution in [2.24, 2.45) is 0 Å². The Morgan fingerprint density at radius 3 is 1.87 bits per heavy atom. The van der Waals surface area contributed by atoms with Crippen molar-refractivity contribution >= 4 is 34.6 Å². The van der Waals surface area contributed by atoms with E-state index in [0.29, 0.717) is 41.1 Å². The van der Waals surface area contributed by atoms with Gasteiger partial charge in [0.05, 0.1) is 6.10 Å². The van der Waals surface area contributed by atoms with Gasteiger partial charge in [0.15, 0.2) is 11.6 Å². The van der Waals surface area contributed by atoms with E-state index >= 15 is 0 Å². The molecule has 0 unspecified atom stereocenters. The van der Waals surface area contributed by atoms with Gasteiger partial charge in [-0.05, 0) is 13.3 Å². The van der Waals surface area contributed by atoms with Gasteiger partial charge < -0.3 is 26.4 Å². The van der Waals surface area contributed by atoms with Crippen molar-refractivity contribution in [1.82, 2.24) is 19.9 Å². The molecule has 0 aliphatic rings. The van der Waals surface area contributed by atoms with Gasteiger partial charge in [0.25, 0.3) is 0 Å². The second-order valence-corrected chi connectivity index (χ2v) is 5.15. The first kappa shape index (κ1) is 16.9. The molecule has 0 saturated carbocycles. The molecule has 23 heavy (non-hydrogen) atoms. The van der Waals surface area contributed by atoms with Crippen molar-refractivity contribution in [2.45, 2.75) is 26.4 Å². The molecule has 0 bridgehead atoms. The second-order valence-electron chi connectivity index (χ2n) is 5.15. The summed E-state index contributed by atoms with van der Waals surface area (Å²) >= 11 is 0. The molecule has 2 aromatic rings. The van der Waals surface area contributed by atoms with Gasteiger partial charge in [0.1, 0.15) is 11.0 Å². The minimum Gasteiger partial charge on any atom is -0.392 e. The van der Waals surface area contributed by atoms with E-state index in [1.54, 1.807) is 21.0 Å². The summed E-state index contributed by atoms with van der Waals surface area (Å²) in [6, 6.07) is 0. The Bertz CT molecular complexity index is 661. The van der Waals surface area contributed by atoms with Crippen LogP contribution in [0.5, 0.6) is 0 Å². The molecule has 0 saturated heterocycles. The summed E-state index contributed by atoms with van der Waals surface area (Å²) in [5.41, 5.74) is 1.25. The molecule has 9 nitrogen and oxygen atoms in total. The Morgan fingerprint density at radius 2 is 1.43 bits per heavy atom. The largest absolute Gasteiger partial charge is 0.392 e. The maximum absolute atomic E-state index is 9.39. The van der Waals surface area contributed by atoms with Crippen LogP contribution in [0.1, 0.15) is 20.3 Å². The van der Waals surface area contributed by atoms with Gasteiger partial charge in [0.2, 0.25) is 11.9 Å². The van der Waals surface area contributed by atoms with Crippen molar-refractivity contribution in [1.29, 1.82) is 0 Å². The lowest BCUT2D eigenvalue weighted by molar-refractivity contribution is 0.208. The van der Waals surface area contributed by atoms with Crippen LogP contribution in [-0.4, -0.2) is 58.3 Å². The lowest BCUT2D eigenvalue weighted by Crippen LogP contribution is -2.18. The maximum atomic E-state index is 9.39. The van der Waals surface area contributed by atoms with Crippen molar-refractivity contribution in [3.05, 3.63) is 0 Å². The predicted molar refractivity (Wildman–Crippen MR) is 93.2 cm³/mol. The zero-order valence-electron chi connectivity index (χ0n) is 13.9. The topological polar surface area (TPSA) is 120 Å². The SMILES string of the molecule is CCCNc1nc(NC)c2nc(NC[C@@H](C)O)nc(NC)c2n1. The molecule has 1 atom stereocenters. The zero-order chi connectivity index (χ0) is 16.8. The fraction of sp³-hybridized carbons (Fsp3) is 0.571. The number of aliphatic hydroxyl groups excluding tert-OH is 1. The number of aliphatic hydroxyl groups is 1. The predicted octanol–water partition coefficient (Wildman–Crippen LogP) is 1.12. The van der Waals surface area contributed by atoms with Gasteiger partial charge in [-0.15, -0.1) is 0 Å². The van der Waals surface area contributed by atoms with Crippen LogP contribution in [0.2, 0.25) is 0 Å². The first-order chi connectivity index (χ1) is 11.1. The van der Waals surface area contributed by atoms with Crippen LogP contribution >= 0.6 is 0 Å². The van der Waals surface area contributed by atoms with E-state index in [0.717, 1.165) is 13.0 Å². The number of hydrogen-bond donors (Lipinski definition) is 5. The van der Waals surface area contributed by atoms with Crippen molar-refractivity contribution in [3.8, 4) is 0 Å². The fourth-order valence-corrected chi connectivity index (χ4v) is 2.00. The third-order valence-corrected chi connectivity index (χ3v) is 3.11. The molecule has 0 radical (unpaired) electrons. The van der Waals surface area contributed by atoms with E-state index in [2.05, 4.69) is 48.1 Å². The van der Waals surface area contributed by atoms with Gasteiger partial charge >= 0.3 is 0 Å². The molecule has 0 fully saturated rings. The molecule has 5 N–H and O–H groups in total. The third-order valence-electron chi connectivity index (χ3n) is 3.11. The van der Waals surface area contributed by atoms with Crippen LogP contribution in [-0.2, 0) is 0 Å². The van der Waals surface area contributed by atoms with Gasteiger partial charge in [-0.1, -0.05) is 6.92 Å². The number of nitrogens with one attached hydrogen (secondary N) is 4. The number of aromatic nitrogens is 4. The average Bonchev–Trinajstić information content (AvgIpc) is 2.56. The summed E-state index contributed by atoms with van der Waals surface area (Å²) in [6.07, 6.45) is 0.487. The summed E-state index contributed by atoms with van der Waals surface area (Å²) in [7, 11) is 3.57. The molecule has 2 heterocycles. The first-order valence-electron chi connectivity index (χ1n) is 7.70. The summed E-state index contributed by atoms with van der Waals surface area (Å²) < 4.78 is 0. The van der Waals surface area contributed by atoms with E-state index in [1.165, 1.54) is 0 Å². The Hall–Kier alpha value is -2.42. The number of anilines is 4. The molecule has 2 aromatic heterocycles. The molecule has 0 aliphatic heterocycles. The van der Waals surface area contributed by atoms with E-state index < -0.39 is 6.10 Å². The Labute approximate surface area is 135 Å². The minimum atomic E-state index is -0.493. The molecular formula is C14H24N8O. The molecule has 0 amide bonds. The van der Waals surface area contributed by atoms with E-state index in [1.807, 2.05) is 0 Å². The summed E-state index contributed by atoms with van der Waals surface area (Å²) in [5, 5.41) is 21.6. The quantitative estimate of drug-likeness (QED) is 0.487. The lowest BCUT2D eigenvalue weighted by Gasteiger charge is -2.13. The smallest absolute Gasteiger partial charge is 0.225 e. The van der Waals surface area contributed by atoms with Crippen LogP contribution in [0, 0.1) is 0 Å². The highest BCUT2D eigenvalue weighted by atomic mass is 16.3. The van der Waals surface area contributed by atoms with Crippen LogP contribution in [0.25, 0.3) is 11.0 Å². The van der Waals surface area contributed by atoms with Gasteiger partial charge in [-0.2, -0.15) is 9.97 Å². The van der Waals surface area contributed by atoms with E-state index in [-0.39, 0.29) is 0 Å². The standard InChI is InChI=1S/C14H24N8O/c1-5-6-17-13-19-9-10(11(15-3)21-13)20-14(18-7-8(2)23)22-12(9)16-4/h8,23H,5-7H2,1-4H3,(H2,15,17,19,21)(H2,16,18,20,22)/t8-/m1/s1. The normalized spacial score (nSPS) is 12.0. The molecule has 9 heteroatoms. The number of hydrogen-bond acceptors (Lipinski definition) is 9. The minimum absolute atomic E-state index is 0.362. The molecule has 0 aromatic carbocycles. The van der Waals surface area contributed by atoms with Crippen LogP contribution in [0.15, 0.2) is 0 Å². The highest BCUT2D eigenvalue weighted by Crippen LogP contribution is 2.26. The second kappa shape index (κ2) is 7.73. The molecule has 0 spiro atoms. The first-order valence-corrected chi connectivity index (χ1v) is 7.70. The summed E-state index contributed by atoms with van der Waals surface area (Å²) in [5.74, 6) is 2.17.